The molecule has 5 N–H and O–H groups in total. The van der Waals surface area contributed by atoms with Gasteiger partial charge < -0.3 is 27.0 Å². The third-order valence-corrected chi connectivity index (χ3v) is 3.71. The topological polar surface area (TPSA) is 101 Å². The molecule has 25 heavy (non-hydrogen) atoms. The van der Waals surface area contributed by atoms with Gasteiger partial charge >= 0.3 is 29.6 Å². The summed E-state index contributed by atoms with van der Waals surface area (Å²) in [6.45, 7) is 13.2. The second-order valence-corrected chi connectivity index (χ2v) is 5.64. The van der Waals surface area contributed by atoms with Gasteiger partial charge in [-0.05, 0) is 34.6 Å². The average Bonchev–Trinajstić information content (AvgIpc) is 2.47. The molecule has 0 bridgehead atoms. The Hall–Kier alpha value is 0.345. The molecule has 0 fully saturated rings. The Kier molecular flexibility index (Phi) is 35.3. The summed E-state index contributed by atoms with van der Waals surface area (Å²) in [5, 5.41) is 42.8. The van der Waals surface area contributed by atoms with E-state index in [1.54, 1.807) is 32.9 Å². The van der Waals surface area contributed by atoms with Gasteiger partial charge in [0.2, 0.25) is 0 Å². The van der Waals surface area contributed by atoms with Gasteiger partial charge in [-0.3, -0.25) is 0 Å². The summed E-state index contributed by atoms with van der Waals surface area (Å²) < 4.78 is 0. The molecule has 4 atom stereocenters. The quantitative estimate of drug-likeness (QED) is 0.294. The van der Waals surface area contributed by atoms with E-state index in [1.165, 1.54) is 0 Å². The van der Waals surface area contributed by atoms with Crippen LogP contribution in [-0.2, 0) is 0 Å². The van der Waals surface area contributed by atoms with Crippen molar-refractivity contribution in [1.29, 1.82) is 0 Å². The van der Waals surface area contributed by atoms with Gasteiger partial charge in [0, 0.05) is 26.9 Å². The summed E-state index contributed by atoms with van der Waals surface area (Å²) >= 11 is 0. The second kappa shape index (κ2) is 24.3. The zero-order chi connectivity index (χ0) is 19.0. The van der Waals surface area contributed by atoms with Crippen LogP contribution in [0.4, 0.5) is 0 Å². The van der Waals surface area contributed by atoms with E-state index in [0.717, 1.165) is 11.1 Å². The molecule has 5 nitrogen and oxygen atoms in total. The number of hydrogen-bond donors (Lipinski definition) is 5. The van der Waals surface area contributed by atoms with Crippen LogP contribution in [0.3, 0.4) is 0 Å². The van der Waals surface area contributed by atoms with Crippen LogP contribution in [0.15, 0.2) is 23.3 Å². The third kappa shape index (κ3) is 24.3. The van der Waals surface area contributed by atoms with Crippen LogP contribution in [0.25, 0.3) is 0 Å². The molecule has 0 aromatic heterocycles. The fourth-order valence-electron chi connectivity index (χ4n) is 1.42. The molecule has 0 saturated heterocycles. The molecular weight excluding hydrogens is 330 g/mol. The minimum absolute atomic E-state index is 0. The fraction of sp³-hybridized carbons (Fsp3) is 0.778. The first-order valence-electron chi connectivity index (χ1n) is 8.12. The number of aliphatic hydroxyl groups excluding tert-OH is 5. The second-order valence-electron chi connectivity index (χ2n) is 5.64. The van der Waals surface area contributed by atoms with E-state index >= 15 is 0 Å². The normalized spacial score (nSPS) is 15.7. The summed E-state index contributed by atoms with van der Waals surface area (Å²) in [5.41, 5.74) is 2.08. The van der Waals surface area contributed by atoms with Crippen LogP contribution in [0.2, 0.25) is 0 Å². The molecular formula is C18H39BNaO5. The van der Waals surface area contributed by atoms with E-state index < -0.39 is 0 Å². The molecule has 0 aliphatic heterocycles. The molecule has 7 heteroatoms. The SMILES string of the molecule is C/C(=C/CO)C(C)C(C)O.CC(=CCO)C(C)C(C)O.CCO.[B].[H-].[Na+]. The fourth-order valence-corrected chi connectivity index (χ4v) is 1.42. The van der Waals surface area contributed by atoms with E-state index in [2.05, 4.69) is 0 Å². The summed E-state index contributed by atoms with van der Waals surface area (Å²) in [5.74, 6) is 0.291. The summed E-state index contributed by atoms with van der Waals surface area (Å²) in [6.07, 6.45) is 2.78. The van der Waals surface area contributed by atoms with E-state index in [0.29, 0.717) is 0 Å². The Labute approximate surface area is 180 Å². The number of hydrogen-bond acceptors (Lipinski definition) is 5. The van der Waals surface area contributed by atoms with Gasteiger partial charge in [-0.15, -0.1) is 0 Å². The Balaban J connectivity index is -0.0000000606. The van der Waals surface area contributed by atoms with Crippen molar-refractivity contribution in [2.24, 2.45) is 11.8 Å². The zero-order valence-electron chi connectivity index (χ0n) is 18.4. The molecule has 0 aromatic carbocycles. The van der Waals surface area contributed by atoms with Crippen LogP contribution in [0.1, 0.15) is 49.9 Å². The van der Waals surface area contributed by atoms with Crippen molar-refractivity contribution < 1.29 is 56.5 Å². The van der Waals surface area contributed by atoms with Crippen molar-refractivity contribution in [1.82, 2.24) is 0 Å². The maximum Gasteiger partial charge on any atom is 1.00 e. The predicted octanol–water partition coefficient (Wildman–Crippen LogP) is -1.38. The molecule has 0 spiro atoms. The van der Waals surface area contributed by atoms with E-state index in [4.69, 9.17) is 25.5 Å². The molecule has 0 saturated carbocycles. The first kappa shape index (κ1) is 36.3. The predicted molar refractivity (Wildman–Crippen MR) is 103 cm³/mol. The van der Waals surface area contributed by atoms with Crippen LogP contribution >= 0.6 is 0 Å². The number of rotatable bonds is 6. The van der Waals surface area contributed by atoms with Crippen molar-refractivity contribution in [3.63, 3.8) is 0 Å². The first-order valence-corrected chi connectivity index (χ1v) is 8.12. The van der Waals surface area contributed by atoms with Crippen LogP contribution in [-0.4, -0.2) is 66.0 Å². The van der Waals surface area contributed by atoms with Crippen LogP contribution in [0.5, 0.6) is 0 Å². The van der Waals surface area contributed by atoms with Crippen molar-refractivity contribution in [3.8, 4) is 0 Å². The summed E-state index contributed by atoms with van der Waals surface area (Å²) in [7, 11) is 0. The Bertz CT molecular complexity index is 297. The molecule has 0 heterocycles. The van der Waals surface area contributed by atoms with Crippen molar-refractivity contribution in [3.05, 3.63) is 23.3 Å². The minimum atomic E-state index is -0.331. The smallest absolute Gasteiger partial charge is 1.00 e. The van der Waals surface area contributed by atoms with Gasteiger partial charge in [0.25, 0.3) is 0 Å². The molecule has 4 unspecified atom stereocenters. The molecule has 0 aliphatic rings. The Morgan fingerprint density at radius 2 is 1.00 bits per heavy atom. The standard InChI is InChI=1S/2C8H16O2.C2H6O.B.Na.H/c2*1-6(4-5-9)7(2)8(3)10;1-2-3;;;/h2*4,7-10H,5H2,1-3H3;3H,2H2,1H3;;;/q;;;;+1;-1/b6-4-;;;;;. The van der Waals surface area contributed by atoms with Gasteiger partial charge in [-0.2, -0.15) is 0 Å². The van der Waals surface area contributed by atoms with E-state index in [-0.39, 0.29) is 83.3 Å². The zero-order valence-corrected chi connectivity index (χ0v) is 19.4. The van der Waals surface area contributed by atoms with Gasteiger partial charge in [0.05, 0.1) is 25.4 Å². The molecule has 0 amide bonds. The summed E-state index contributed by atoms with van der Waals surface area (Å²) in [4.78, 5) is 0. The van der Waals surface area contributed by atoms with Crippen molar-refractivity contribution in [2.75, 3.05) is 19.8 Å². The van der Waals surface area contributed by atoms with Gasteiger partial charge in [-0.25, -0.2) is 0 Å². The third-order valence-electron chi connectivity index (χ3n) is 3.71. The molecule has 3 radical (unpaired) electrons. The Morgan fingerprint density at radius 1 is 0.800 bits per heavy atom. The summed E-state index contributed by atoms with van der Waals surface area (Å²) in [6, 6.07) is 0. The maximum atomic E-state index is 9.10. The largest absolute Gasteiger partial charge is 1.00 e. The van der Waals surface area contributed by atoms with E-state index in [9.17, 15) is 0 Å². The van der Waals surface area contributed by atoms with Crippen LogP contribution in [0, 0.1) is 11.8 Å². The van der Waals surface area contributed by atoms with Crippen LogP contribution < -0.4 is 29.6 Å². The monoisotopic (exact) mass is 369 g/mol. The van der Waals surface area contributed by atoms with E-state index in [1.807, 2.05) is 27.7 Å². The Morgan fingerprint density at radius 3 is 1.12 bits per heavy atom. The first-order chi connectivity index (χ1) is 10.6. The van der Waals surface area contributed by atoms with Gasteiger partial charge in [0.15, 0.2) is 0 Å². The van der Waals surface area contributed by atoms with Crippen molar-refractivity contribution in [2.45, 2.75) is 60.7 Å². The molecule has 0 aromatic rings. The molecule has 0 aliphatic carbocycles. The molecule has 145 valence electrons. The van der Waals surface area contributed by atoms with Gasteiger partial charge in [-0.1, -0.05) is 37.1 Å². The average molecular weight is 369 g/mol. The maximum absolute atomic E-state index is 9.10. The number of aliphatic hydroxyl groups is 5. The molecule has 0 rings (SSSR count). The minimum Gasteiger partial charge on any atom is -1.00 e. The van der Waals surface area contributed by atoms with Gasteiger partial charge in [0.1, 0.15) is 0 Å². The van der Waals surface area contributed by atoms with Crippen molar-refractivity contribution >= 4 is 8.41 Å².